The number of hydrogen-bond donors (Lipinski definition) is 2. The highest BCUT2D eigenvalue weighted by Gasteiger charge is 2.28. The van der Waals surface area contributed by atoms with Gasteiger partial charge < -0.3 is 9.88 Å². The number of halogens is 1. The molecule has 3 aromatic rings. The Balaban J connectivity index is 1.69. The molecule has 1 fully saturated rings. The van der Waals surface area contributed by atoms with Crippen LogP contribution in [-0.2, 0) is 0 Å². The lowest BCUT2D eigenvalue weighted by molar-refractivity contribution is 0.523. The quantitative estimate of drug-likeness (QED) is 0.727. The topological polar surface area (TPSA) is 71.4 Å². The Kier molecular flexibility index (Phi) is 3.26. The van der Waals surface area contributed by atoms with Crippen LogP contribution in [0, 0.1) is 0 Å². The Labute approximate surface area is 132 Å². The smallest absolute Gasteiger partial charge is 0.226 e. The van der Waals surface area contributed by atoms with Gasteiger partial charge in [-0.05, 0) is 48.4 Å². The lowest BCUT2D eigenvalue weighted by atomic mass is 10.0. The van der Waals surface area contributed by atoms with Crippen molar-refractivity contribution in [1.29, 1.82) is 0 Å². The molecule has 7 heteroatoms. The molecular weight excluding hydrogens is 300 g/mol. The van der Waals surface area contributed by atoms with Crippen LogP contribution in [-0.4, -0.2) is 31.8 Å². The number of aromatic nitrogens is 5. The second kappa shape index (κ2) is 5.28. The van der Waals surface area contributed by atoms with Crippen LogP contribution in [0.2, 0.25) is 5.28 Å². The zero-order chi connectivity index (χ0) is 15.1. The second-order valence-corrected chi connectivity index (χ2v) is 6.09. The van der Waals surface area contributed by atoms with Crippen molar-refractivity contribution < 1.29 is 0 Å². The molecule has 0 aliphatic heterocycles. The lowest BCUT2D eigenvalue weighted by Crippen LogP contribution is -2.06. The van der Waals surface area contributed by atoms with Crippen LogP contribution in [0.1, 0.15) is 36.8 Å². The highest BCUT2D eigenvalue weighted by atomic mass is 35.5. The first-order chi connectivity index (χ1) is 10.8. The summed E-state index contributed by atoms with van der Waals surface area (Å²) >= 11 is 6.06. The maximum Gasteiger partial charge on any atom is 0.226 e. The number of anilines is 1. The summed E-state index contributed by atoms with van der Waals surface area (Å²) in [5, 5.41) is 11.3. The largest absolute Gasteiger partial charge is 0.372 e. The molecule has 0 radical (unpaired) electrons. The molecule has 3 aromatic heterocycles. The van der Waals surface area contributed by atoms with Gasteiger partial charge in [-0.25, -0.2) is 4.98 Å². The molecule has 1 saturated carbocycles. The molecule has 3 heterocycles. The van der Waals surface area contributed by atoms with Crippen LogP contribution in [0.3, 0.4) is 0 Å². The number of H-pyrrole nitrogens is 1. The molecule has 1 aliphatic carbocycles. The van der Waals surface area contributed by atoms with Gasteiger partial charge in [0, 0.05) is 25.5 Å². The van der Waals surface area contributed by atoms with Crippen LogP contribution < -0.4 is 5.32 Å². The van der Waals surface area contributed by atoms with Crippen molar-refractivity contribution in [3.63, 3.8) is 0 Å². The van der Waals surface area contributed by atoms with Crippen molar-refractivity contribution in [1.82, 2.24) is 24.7 Å². The minimum absolute atomic E-state index is 0.279. The van der Waals surface area contributed by atoms with E-state index in [0.29, 0.717) is 12.0 Å². The molecule has 0 saturated heterocycles. The van der Waals surface area contributed by atoms with Crippen LogP contribution in [0.25, 0.3) is 11.0 Å². The average molecular weight is 317 g/mol. The molecule has 6 nitrogen and oxygen atoms in total. The van der Waals surface area contributed by atoms with Crippen molar-refractivity contribution in [2.75, 3.05) is 12.4 Å². The van der Waals surface area contributed by atoms with Gasteiger partial charge in [0.2, 0.25) is 5.28 Å². The second-order valence-electron chi connectivity index (χ2n) is 5.75. The van der Waals surface area contributed by atoms with Gasteiger partial charge in [-0.3, -0.25) is 5.10 Å². The predicted octanol–water partition coefficient (Wildman–Crippen LogP) is 3.36. The number of aromatic amines is 1. The van der Waals surface area contributed by atoms with Gasteiger partial charge in [0.25, 0.3) is 0 Å². The molecule has 0 bridgehead atoms. The third-order valence-electron chi connectivity index (χ3n) is 4.57. The summed E-state index contributed by atoms with van der Waals surface area (Å²) in [5.41, 5.74) is 2.20. The maximum absolute atomic E-state index is 6.06. The van der Waals surface area contributed by atoms with Crippen molar-refractivity contribution in [2.45, 2.75) is 31.2 Å². The summed E-state index contributed by atoms with van der Waals surface area (Å²) in [6.07, 6.45) is 9.42. The van der Waals surface area contributed by atoms with E-state index >= 15 is 0 Å². The van der Waals surface area contributed by atoms with E-state index in [2.05, 4.69) is 42.3 Å². The first-order valence-electron chi connectivity index (χ1n) is 7.46. The van der Waals surface area contributed by atoms with Crippen molar-refractivity contribution in [3.05, 3.63) is 35.5 Å². The van der Waals surface area contributed by atoms with Gasteiger partial charge in [-0.2, -0.15) is 10.1 Å². The molecule has 0 spiro atoms. The molecule has 1 aliphatic rings. The summed E-state index contributed by atoms with van der Waals surface area (Å²) in [5.74, 6) is 1.33. The van der Waals surface area contributed by atoms with E-state index in [9.17, 15) is 0 Å². The van der Waals surface area contributed by atoms with Crippen LogP contribution in [0.5, 0.6) is 0 Å². The minimum atomic E-state index is 0.279. The molecule has 114 valence electrons. The minimum Gasteiger partial charge on any atom is -0.372 e. The summed E-state index contributed by atoms with van der Waals surface area (Å²) in [7, 11) is 1.85. The number of rotatable bonds is 3. The Morgan fingerprint density at radius 2 is 2.27 bits per heavy atom. The van der Waals surface area contributed by atoms with Gasteiger partial charge in [0.1, 0.15) is 11.5 Å². The molecule has 2 atom stereocenters. The van der Waals surface area contributed by atoms with Gasteiger partial charge in [-0.15, -0.1) is 0 Å². The summed E-state index contributed by atoms with van der Waals surface area (Å²) in [6.45, 7) is 0. The summed E-state index contributed by atoms with van der Waals surface area (Å²) in [6, 6.07) is 2.50. The fraction of sp³-hybridized carbons (Fsp3) is 0.400. The number of nitrogens with zero attached hydrogens (tertiary/aromatic N) is 4. The normalized spacial score (nSPS) is 21.5. The van der Waals surface area contributed by atoms with E-state index in [4.69, 9.17) is 11.6 Å². The molecule has 0 amide bonds. The first kappa shape index (κ1) is 13.6. The zero-order valence-corrected chi connectivity index (χ0v) is 13.0. The fourth-order valence-corrected chi connectivity index (χ4v) is 3.65. The molecule has 4 rings (SSSR count). The average Bonchev–Trinajstić information content (AvgIpc) is 3.24. The maximum atomic E-state index is 6.06. The van der Waals surface area contributed by atoms with Crippen molar-refractivity contribution in [3.8, 4) is 0 Å². The Morgan fingerprint density at radius 1 is 1.36 bits per heavy atom. The van der Waals surface area contributed by atoms with Crippen molar-refractivity contribution >= 4 is 28.5 Å². The molecule has 2 unspecified atom stereocenters. The van der Waals surface area contributed by atoms with Gasteiger partial charge in [-0.1, -0.05) is 0 Å². The third-order valence-corrected chi connectivity index (χ3v) is 4.74. The zero-order valence-electron chi connectivity index (χ0n) is 12.3. The van der Waals surface area contributed by atoms with E-state index in [1.165, 1.54) is 12.0 Å². The predicted molar refractivity (Wildman–Crippen MR) is 86.3 cm³/mol. The lowest BCUT2D eigenvalue weighted by Gasteiger charge is -2.14. The summed E-state index contributed by atoms with van der Waals surface area (Å²) < 4.78 is 2.24. The van der Waals surface area contributed by atoms with E-state index in [1.807, 2.05) is 19.4 Å². The first-order valence-corrected chi connectivity index (χ1v) is 7.84. The van der Waals surface area contributed by atoms with E-state index in [0.717, 1.165) is 29.7 Å². The number of nitrogens with one attached hydrogen (secondary N) is 2. The number of hydrogen-bond acceptors (Lipinski definition) is 4. The van der Waals surface area contributed by atoms with Crippen LogP contribution in [0.4, 0.5) is 5.82 Å². The van der Waals surface area contributed by atoms with Gasteiger partial charge >= 0.3 is 0 Å². The summed E-state index contributed by atoms with van der Waals surface area (Å²) in [4.78, 5) is 8.67. The third kappa shape index (κ3) is 2.14. The standard InChI is InChI=1S/C15H17ClN6/c1-17-13-12-4-5-22(14(12)21-15(16)20-13)11-3-2-9(6-11)10-7-18-19-8-10/h4-5,7-9,11H,2-3,6H2,1H3,(H,18,19)(H,17,20,21). The SMILES string of the molecule is CNc1nc(Cl)nc2c1ccn2C1CCC(c2cn[nH]c2)C1. The van der Waals surface area contributed by atoms with Crippen molar-refractivity contribution in [2.24, 2.45) is 0 Å². The van der Waals surface area contributed by atoms with Gasteiger partial charge in [0.05, 0.1) is 11.6 Å². The fourth-order valence-electron chi connectivity index (χ4n) is 3.49. The van der Waals surface area contributed by atoms with E-state index in [-0.39, 0.29) is 5.28 Å². The van der Waals surface area contributed by atoms with Gasteiger partial charge in [0.15, 0.2) is 0 Å². The molecule has 22 heavy (non-hydrogen) atoms. The molecule has 0 aromatic carbocycles. The van der Waals surface area contributed by atoms with E-state index < -0.39 is 0 Å². The highest BCUT2D eigenvalue weighted by molar-refractivity contribution is 6.28. The Morgan fingerprint density at radius 3 is 3.05 bits per heavy atom. The monoisotopic (exact) mass is 316 g/mol. The number of fused-ring (bicyclic) bond motifs is 1. The molecule has 2 N–H and O–H groups in total. The van der Waals surface area contributed by atoms with E-state index in [1.54, 1.807) is 0 Å². The highest BCUT2D eigenvalue weighted by Crippen LogP contribution is 2.42. The molecular formula is C15H17ClN6. The van der Waals surface area contributed by atoms with Crippen LogP contribution >= 0.6 is 11.6 Å². The Bertz CT molecular complexity index is 794. The Hall–Kier alpha value is -2.08. The van der Waals surface area contributed by atoms with Crippen LogP contribution in [0.15, 0.2) is 24.7 Å².